The molecule has 2 heterocycles. The fourth-order valence-corrected chi connectivity index (χ4v) is 2.05. The van der Waals surface area contributed by atoms with Crippen molar-refractivity contribution in [3.8, 4) is 5.88 Å². The van der Waals surface area contributed by atoms with Crippen molar-refractivity contribution in [1.29, 1.82) is 0 Å². The van der Waals surface area contributed by atoms with E-state index in [9.17, 15) is 24.3 Å². The lowest BCUT2D eigenvalue weighted by molar-refractivity contribution is 0.0880. The standard InChI is InChI=1S/C13H8N4O5/c18-9-5-2-1-3-7(8(5)12(21)15-9)14-4-6-10(19)16-13(22)17-11(6)20/h1-4H,(H,15,18,21)(H3,16,17,19,20,22). The summed E-state index contributed by atoms with van der Waals surface area (Å²) >= 11 is 0. The Labute approximate surface area is 121 Å². The molecular formula is C13H8N4O5. The van der Waals surface area contributed by atoms with Crippen molar-refractivity contribution in [3.05, 3.63) is 55.7 Å². The summed E-state index contributed by atoms with van der Waals surface area (Å²) in [7, 11) is 0. The Morgan fingerprint density at radius 2 is 1.82 bits per heavy atom. The Balaban J connectivity index is 2.10. The second-order valence-electron chi connectivity index (χ2n) is 4.41. The van der Waals surface area contributed by atoms with Gasteiger partial charge in [0.25, 0.3) is 17.4 Å². The number of H-pyrrole nitrogens is 2. The molecule has 0 bridgehead atoms. The Morgan fingerprint density at radius 3 is 2.55 bits per heavy atom. The summed E-state index contributed by atoms with van der Waals surface area (Å²) in [5.74, 6) is -1.76. The maximum atomic E-state index is 11.7. The zero-order chi connectivity index (χ0) is 15.9. The molecule has 0 spiro atoms. The molecule has 9 nitrogen and oxygen atoms in total. The molecule has 4 N–H and O–H groups in total. The van der Waals surface area contributed by atoms with E-state index in [0.717, 1.165) is 6.21 Å². The Bertz CT molecular complexity index is 954. The summed E-state index contributed by atoms with van der Waals surface area (Å²) in [4.78, 5) is 53.7. The normalized spacial score (nSPS) is 13.5. The highest BCUT2D eigenvalue weighted by Crippen LogP contribution is 2.26. The van der Waals surface area contributed by atoms with Gasteiger partial charge in [-0.15, -0.1) is 0 Å². The third-order valence-corrected chi connectivity index (χ3v) is 3.03. The largest absolute Gasteiger partial charge is 0.494 e. The van der Waals surface area contributed by atoms with Crippen molar-refractivity contribution in [2.75, 3.05) is 0 Å². The Morgan fingerprint density at radius 1 is 1.05 bits per heavy atom. The number of aromatic hydroxyl groups is 1. The van der Waals surface area contributed by atoms with Crippen LogP contribution in [-0.4, -0.2) is 33.1 Å². The van der Waals surface area contributed by atoms with Gasteiger partial charge in [0, 0.05) is 6.21 Å². The van der Waals surface area contributed by atoms with Crippen molar-refractivity contribution in [2.24, 2.45) is 4.99 Å². The monoisotopic (exact) mass is 300 g/mol. The first-order valence-electron chi connectivity index (χ1n) is 6.05. The van der Waals surface area contributed by atoms with Crippen molar-refractivity contribution in [1.82, 2.24) is 15.3 Å². The molecule has 0 unspecified atom stereocenters. The summed E-state index contributed by atoms with van der Waals surface area (Å²) in [6, 6.07) is 4.48. The number of rotatable bonds is 2. The molecule has 0 saturated carbocycles. The van der Waals surface area contributed by atoms with E-state index in [4.69, 9.17) is 0 Å². The summed E-state index contributed by atoms with van der Waals surface area (Å²) in [5, 5.41) is 11.7. The van der Waals surface area contributed by atoms with E-state index in [0.29, 0.717) is 0 Å². The molecule has 2 amide bonds. The number of benzene rings is 1. The highest BCUT2D eigenvalue weighted by Gasteiger charge is 2.29. The number of nitrogens with zero attached hydrogens (tertiary/aromatic N) is 1. The van der Waals surface area contributed by atoms with Gasteiger partial charge in [0.05, 0.1) is 16.8 Å². The number of hydrogen-bond acceptors (Lipinski definition) is 6. The van der Waals surface area contributed by atoms with Crippen LogP contribution in [0.3, 0.4) is 0 Å². The number of hydrogen-bond donors (Lipinski definition) is 4. The number of carbonyl (C=O) groups is 2. The number of aliphatic imine (C=N–C) groups is 1. The summed E-state index contributed by atoms with van der Waals surface area (Å²) < 4.78 is 0. The maximum absolute atomic E-state index is 11.7. The second kappa shape index (κ2) is 4.81. The lowest BCUT2D eigenvalue weighted by Gasteiger charge is -2.00. The molecule has 110 valence electrons. The van der Waals surface area contributed by atoms with Crippen molar-refractivity contribution >= 4 is 23.7 Å². The maximum Gasteiger partial charge on any atom is 0.328 e. The van der Waals surface area contributed by atoms with Gasteiger partial charge < -0.3 is 5.11 Å². The molecule has 1 aliphatic rings. The van der Waals surface area contributed by atoms with Crippen LogP contribution >= 0.6 is 0 Å². The molecule has 2 aromatic rings. The SMILES string of the molecule is O=C1NC(=O)c2c(N=Cc3c(O)[nH]c(=O)[nH]c3=O)cccc21. The van der Waals surface area contributed by atoms with Crippen LogP contribution in [0.5, 0.6) is 5.88 Å². The minimum atomic E-state index is -0.856. The lowest BCUT2D eigenvalue weighted by Crippen LogP contribution is -2.24. The van der Waals surface area contributed by atoms with Crippen LogP contribution < -0.4 is 16.6 Å². The van der Waals surface area contributed by atoms with Crippen LogP contribution in [0, 0.1) is 0 Å². The van der Waals surface area contributed by atoms with E-state index in [2.05, 4.69) is 10.3 Å². The number of aromatic amines is 2. The van der Waals surface area contributed by atoms with Gasteiger partial charge in [0.15, 0.2) is 0 Å². The predicted octanol–water partition coefficient (Wildman–Crippen LogP) is -0.597. The van der Waals surface area contributed by atoms with Crippen LogP contribution in [-0.2, 0) is 0 Å². The molecule has 3 rings (SSSR count). The highest BCUT2D eigenvalue weighted by molar-refractivity contribution is 6.23. The van der Waals surface area contributed by atoms with Crippen molar-refractivity contribution < 1.29 is 14.7 Å². The molecule has 0 fully saturated rings. The molecule has 0 aliphatic carbocycles. The summed E-state index contributed by atoms with van der Waals surface area (Å²) in [6.07, 6.45) is 0.996. The third kappa shape index (κ3) is 2.10. The summed E-state index contributed by atoms with van der Waals surface area (Å²) in [6.45, 7) is 0. The zero-order valence-electron chi connectivity index (χ0n) is 10.8. The molecule has 22 heavy (non-hydrogen) atoms. The van der Waals surface area contributed by atoms with Crippen LogP contribution in [0.1, 0.15) is 26.3 Å². The molecule has 0 radical (unpaired) electrons. The van der Waals surface area contributed by atoms with Gasteiger partial charge in [-0.25, -0.2) is 4.79 Å². The third-order valence-electron chi connectivity index (χ3n) is 3.03. The van der Waals surface area contributed by atoms with Gasteiger partial charge in [0.1, 0.15) is 5.56 Å². The minimum Gasteiger partial charge on any atom is -0.494 e. The Hall–Kier alpha value is -3.49. The molecule has 1 aromatic carbocycles. The number of amides is 2. The van der Waals surface area contributed by atoms with E-state index < -0.39 is 28.9 Å². The number of imide groups is 1. The number of nitrogens with one attached hydrogen (secondary N) is 3. The Kier molecular flexibility index (Phi) is 2.95. The minimum absolute atomic E-state index is 0.0871. The van der Waals surface area contributed by atoms with Crippen molar-refractivity contribution in [2.45, 2.75) is 0 Å². The topological polar surface area (TPSA) is 144 Å². The lowest BCUT2D eigenvalue weighted by atomic mass is 10.1. The van der Waals surface area contributed by atoms with Gasteiger partial charge in [-0.2, -0.15) is 0 Å². The first kappa shape index (κ1) is 13.5. The molecule has 1 aromatic heterocycles. The quantitative estimate of drug-likeness (QED) is 0.432. The van der Waals surface area contributed by atoms with Gasteiger partial charge in [-0.05, 0) is 12.1 Å². The van der Waals surface area contributed by atoms with Gasteiger partial charge in [-0.3, -0.25) is 34.7 Å². The number of carbonyl (C=O) groups excluding carboxylic acids is 2. The fraction of sp³-hybridized carbons (Fsp3) is 0. The smallest absolute Gasteiger partial charge is 0.328 e. The molecular weight excluding hydrogens is 292 g/mol. The van der Waals surface area contributed by atoms with Crippen LogP contribution in [0.15, 0.2) is 32.8 Å². The van der Waals surface area contributed by atoms with E-state index >= 15 is 0 Å². The van der Waals surface area contributed by atoms with E-state index in [1.165, 1.54) is 18.2 Å². The first-order chi connectivity index (χ1) is 10.5. The van der Waals surface area contributed by atoms with Crippen LogP contribution in [0.25, 0.3) is 0 Å². The van der Waals surface area contributed by atoms with E-state index in [1.54, 1.807) is 0 Å². The zero-order valence-corrected chi connectivity index (χ0v) is 10.8. The van der Waals surface area contributed by atoms with Crippen molar-refractivity contribution in [3.63, 3.8) is 0 Å². The van der Waals surface area contributed by atoms with Gasteiger partial charge >= 0.3 is 5.69 Å². The average Bonchev–Trinajstić information content (AvgIpc) is 2.73. The van der Waals surface area contributed by atoms with Gasteiger partial charge in [0.2, 0.25) is 5.88 Å². The molecule has 0 atom stereocenters. The van der Waals surface area contributed by atoms with Crippen LogP contribution in [0.4, 0.5) is 5.69 Å². The fourth-order valence-electron chi connectivity index (χ4n) is 2.05. The highest BCUT2D eigenvalue weighted by atomic mass is 16.3. The number of fused-ring (bicyclic) bond motifs is 1. The predicted molar refractivity (Wildman–Crippen MR) is 74.8 cm³/mol. The average molecular weight is 300 g/mol. The second-order valence-corrected chi connectivity index (χ2v) is 4.41. The summed E-state index contributed by atoms with van der Waals surface area (Å²) in [5.41, 5.74) is -1.54. The van der Waals surface area contributed by atoms with Gasteiger partial charge in [-0.1, -0.05) is 6.07 Å². The first-order valence-corrected chi connectivity index (χ1v) is 6.05. The number of aromatic nitrogens is 2. The molecule has 0 saturated heterocycles. The molecule has 1 aliphatic heterocycles. The van der Waals surface area contributed by atoms with E-state index in [-0.39, 0.29) is 22.4 Å². The van der Waals surface area contributed by atoms with Crippen LogP contribution in [0.2, 0.25) is 0 Å². The molecule has 9 heteroatoms. The van der Waals surface area contributed by atoms with E-state index in [1.807, 2.05) is 9.97 Å².